The van der Waals surface area contributed by atoms with Crippen LogP contribution in [0.15, 0.2) is 4.52 Å². The van der Waals surface area contributed by atoms with Crippen LogP contribution in [-0.4, -0.2) is 91.0 Å². The first-order chi connectivity index (χ1) is 12.8. The van der Waals surface area contributed by atoms with E-state index in [0.717, 1.165) is 36.9 Å². The summed E-state index contributed by atoms with van der Waals surface area (Å²) in [6.45, 7) is 0.584. The van der Waals surface area contributed by atoms with E-state index in [2.05, 4.69) is 5.16 Å². The van der Waals surface area contributed by atoms with Crippen molar-refractivity contribution in [1.82, 2.24) is 19.9 Å². The molecule has 0 saturated carbocycles. The number of amides is 3. The lowest BCUT2D eigenvalue weighted by atomic mass is 9.95. The van der Waals surface area contributed by atoms with Crippen molar-refractivity contribution in [3.8, 4) is 0 Å². The largest absolute Gasteiger partial charge is 0.350 e. The van der Waals surface area contributed by atoms with E-state index in [1.54, 1.807) is 23.9 Å². The first-order valence-corrected chi connectivity index (χ1v) is 11.1. The normalized spacial score (nSPS) is 26.4. The number of fused-ring (bicyclic) bond motifs is 2. The number of piperazine rings is 1. The highest BCUT2D eigenvalue weighted by molar-refractivity contribution is 7.91. The minimum absolute atomic E-state index is 0.116. The number of carbonyl (C=O) groups excluding carboxylic acids is 2. The van der Waals surface area contributed by atoms with Gasteiger partial charge in [-0.1, -0.05) is 5.16 Å². The molecule has 27 heavy (non-hydrogen) atoms. The second-order valence-electron chi connectivity index (χ2n) is 7.72. The fraction of sp³-hybridized carbons (Fsp3) is 0.706. The minimum atomic E-state index is -3.33. The van der Waals surface area contributed by atoms with E-state index < -0.39 is 21.9 Å². The highest BCUT2D eigenvalue weighted by atomic mass is 32.2. The minimum Gasteiger partial charge on any atom is -0.350 e. The molecule has 3 amide bonds. The Morgan fingerprint density at radius 3 is 2.41 bits per heavy atom. The van der Waals surface area contributed by atoms with Crippen LogP contribution < -0.4 is 0 Å². The maximum atomic E-state index is 13.2. The van der Waals surface area contributed by atoms with Gasteiger partial charge in [-0.15, -0.1) is 0 Å². The molecule has 1 aromatic heterocycles. The fourth-order valence-electron chi connectivity index (χ4n) is 4.39. The predicted octanol–water partition coefficient (Wildman–Crippen LogP) is 0.158. The molecule has 1 aromatic rings. The zero-order valence-corrected chi connectivity index (χ0v) is 16.4. The van der Waals surface area contributed by atoms with E-state index in [4.69, 9.17) is 4.52 Å². The van der Waals surface area contributed by atoms with Crippen molar-refractivity contribution in [2.45, 2.75) is 37.8 Å². The van der Waals surface area contributed by atoms with E-state index in [1.807, 2.05) is 0 Å². The first-order valence-electron chi connectivity index (χ1n) is 9.25. The molecule has 0 bridgehead atoms. The number of rotatable bonds is 1. The molecule has 0 aromatic carbocycles. The molecule has 10 heteroatoms. The second kappa shape index (κ2) is 6.50. The summed E-state index contributed by atoms with van der Waals surface area (Å²) in [4.78, 5) is 30.2. The molecule has 0 radical (unpaired) electrons. The smallest absolute Gasteiger partial charge is 0.319 e. The molecule has 3 heterocycles. The number of hydrogen-bond donors (Lipinski definition) is 0. The van der Waals surface area contributed by atoms with Crippen LogP contribution in [0.3, 0.4) is 0 Å². The van der Waals surface area contributed by atoms with Crippen molar-refractivity contribution in [3.63, 3.8) is 0 Å². The predicted molar refractivity (Wildman–Crippen MR) is 96.2 cm³/mol. The molecular formula is C17H24N4O5S. The Bertz CT molecular complexity index is 878. The van der Waals surface area contributed by atoms with Crippen LogP contribution >= 0.6 is 0 Å². The fourth-order valence-corrected chi connectivity index (χ4v) is 6.37. The van der Waals surface area contributed by atoms with Crippen molar-refractivity contribution >= 4 is 21.8 Å². The van der Waals surface area contributed by atoms with Crippen LogP contribution in [0.4, 0.5) is 4.79 Å². The summed E-state index contributed by atoms with van der Waals surface area (Å²) < 4.78 is 30.0. The Morgan fingerprint density at radius 1 is 1.07 bits per heavy atom. The molecule has 2 fully saturated rings. The molecule has 0 unspecified atom stereocenters. The van der Waals surface area contributed by atoms with E-state index in [1.165, 1.54) is 4.90 Å². The van der Waals surface area contributed by atoms with Crippen LogP contribution in [-0.2, 0) is 22.7 Å². The highest BCUT2D eigenvalue weighted by Crippen LogP contribution is 2.31. The van der Waals surface area contributed by atoms with Crippen molar-refractivity contribution in [2.75, 3.05) is 38.7 Å². The third-order valence-corrected chi connectivity index (χ3v) is 7.42. The van der Waals surface area contributed by atoms with Gasteiger partial charge in [0.1, 0.15) is 0 Å². The van der Waals surface area contributed by atoms with Crippen LogP contribution in [0.5, 0.6) is 0 Å². The number of hydrogen-bond acceptors (Lipinski definition) is 6. The molecule has 3 aliphatic rings. The monoisotopic (exact) mass is 396 g/mol. The lowest BCUT2D eigenvalue weighted by Crippen LogP contribution is -2.63. The summed E-state index contributed by atoms with van der Waals surface area (Å²) in [5.41, 5.74) is 1.69. The van der Waals surface area contributed by atoms with Gasteiger partial charge in [0, 0.05) is 32.7 Å². The van der Waals surface area contributed by atoms with Crippen LogP contribution in [0, 0.1) is 0 Å². The average Bonchev–Trinajstić information content (AvgIpc) is 3.19. The number of aromatic nitrogens is 1. The summed E-state index contributed by atoms with van der Waals surface area (Å²) >= 11 is 0. The van der Waals surface area contributed by atoms with E-state index in [-0.39, 0.29) is 35.7 Å². The lowest BCUT2D eigenvalue weighted by Gasteiger charge is -2.44. The Labute approximate surface area is 158 Å². The van der Waals surface area contributed by atoms with Gasteiger partial charge in [-0.05, 0) is 25.7 Å². The van der Waals surface area contributed by atoms with Gasteiger partial charge in [0.2, 0.25) is 5.76 Å². The second-order valence-corrected chi connectivity index (χ2v) is 9.88. The van der Waals surface area contributed by atoms with Crippen LogP contribution in [0.25, 0.3) is 0 Å². The van der Waals surface area contributed by atoms with Gasteiger partial charge in [0.15, 0.2) is 9.84 Å². The third-order valence-electron chi connectivity index (χ3n) is 5.72. The maximum absolute atomic E-state index is 13.2. The number of nitrogens with zero attached hydrogens (tertiary/aromatic N) is 4. The Balaban J connectivity index is 1.64. The van der Waals surface area contributed by atoms with Crippen molar-refractivity contribution in [1.29, 1.82) is 0 Å². The van der Waals surface area contributed by atoms with E-state index >= 15 is 0 Å². The molecule has 0 spiro atoms. The van der Waals surface area contributed by atoms with Gasteiger partial charge in [0.05, 0.1) is 29.3 Å². The molecule has 2 atom stereocenters. The quantitative estimate of drug-likeness (QED) is 0.670. The molecule has 4 rings (SSSR count). The topological polar surface area (TPSA) is 104 Å². The number of urea groups is 1. The maximum Gasteiger partial charge on any atom is 0.319 e. The van der Waals surface area contributed by atoms with E-state index in [0.29, 0.717) is 6.54 Å². The molecular weight excluding hydrogens is 372 g/mol. The molecule has 1 aliphatic carbocycles. The van der Waals surface area contributed by atoms with Crippen LogP contribution in [0.1, 0.15) is 34.7 Å². The van der Waals surface area contributed by atoms with Gasteiger partial charge in [-0.25, -0.2) is 13.2 Å². The lowest BCUT2D eigenvalue weighted by molar-refractivity contribution is 0.0360. The van der Waals surface area contributed by atoms with E-state index in [9.17, 15) is 18.0 Å². The summed E-state index contributed by atoms with van der Waals surface area (Å²) in [6.07, 6.45) is 3.57. The van der Waals surface area contributed by atoms with Gasteiger partial charge < -0.3 is 19.2 Å². The molecule has 148 valence electrons. The Hall–Kier alpha value is -2.10. The van der Waals surface area contributed by atoms with Crippen molar-refractivity contribution < 1.29 is 22.5 Å². The Kier molecular flexibility index (Phi) is 4.40. The first kappa shape index (κ1) is 18.3. The third kappa shape index (κ3) is 3.09. The highest BCUT2D eigenvalue weighted by Gasteiger charge is 2.50. The SMILES string of the molecule is CN(C)C(=O)N1CCN(C(=O)c2onc3c2CCCC3)[C@H]2CS(=O)(=O)C[C@H]21. The van der Waals surface area contributed by atoms with Gasteiger partial charge in [-0.3, -0.25) is 4.79 Å². The van der Waals surface area contributed by atoms with Gasteiger partial charge >= 0.3 is 6.03 Å². The molecule has 0 N–H and O–H groups in total. The standard InChI is InChI=1S/C17H24N4O5S/c1-19(2)17(23)21-8-7-20(13-9-27(24,25)10-14(13)21)16(22)15-11-5-3-4-6-12(11)18-26-15/h13-14H,3-10H2,1-2H3/t13-,14+/m0/s1. The zero-order chi connectivity index (χ0) is 19.3. The average molecular weight is 396 g/mol. The number of sulfone groups is 1. The Morgan fingerprint density at radius 2 is 1.70 bits per heavy atom. The zero-order valence-electron chi connectivity index (χ0n) is 15.5. The van der Waals surface area contributed by atoms with Gasteiger partial charge in [-0.2, -0.15) is 0 Å². The summed E-state index contributed by atoms with van der Waals surface area (Å²) in [5.74, 6) is -0.318. The summed E-state index contributed by atoms with van der Waals surface area (Å²) in [5, 5.41) is 4.04. The van der Waals surface area contributed by atoms with Crippen molar-refractivity contribution in [2.24, 2.45) is 0 Å². The molecule has 9 nitrogen and oxygen atoms in total. The van der Waals surface area contributed by atoms with Crippen molar-refractivity contribution in [3.05, 3.63) is 17.0 Å². The molecule has 2 saturated heterocycles. The summed E-state index contributed by atoms with van der Waals surface area (Å²) in [6, 6.07) is -1.31. The molecule has 2 aliphatic heterocycles. The van der Waals surface area contributed by atoms with Crippen LogP contribution in [0.2, 0.25) is 0 Å². The number of aryl methyl sites for hydroxylation is 1. The number of carbonyl (C=O) groups is 2. The van der Waals surface area contributed by atoms with Gasteiger partial charge in [0.25, 0.3) is 5.91 Å². The summed E-state index contributed by atoms with van der Waals surface area (Å²) in [7, 11) is -0.0501.